The molecule has 4 aliphatic heterocycles. The molecule has 3 amide bonds. The number of anilines is 1. The van der Waals surface area contributed by atoms with E-state index in [4.69, 9.17) is 9.47 Å². The molecule has 6 aromatic rings. The van der Waals surface area contributed by atoms with Crippen LogP contribution in [-0.4, -0.2) is 123 Å². The molecular formula is C58H63FN8O6. The third kappa shape index (κ3) is 10.1. The quantitative estimate of drug-likeness (QED) is 0.111. The van der Waals surface area contributed by atoms with Gasteiger partial charge in [-0.25, -0.2) is 4.39 Å². The molecule has 6 heterocycles. The van der Waals surface area contributed by atoms with Crippen LogP contribution in [0.5, 0.6) is 11.5 Å². The first kappa shape index (κ1) is 49.3. The molecule has 0 spiro atoms. The molecule has 0 aliphatic carbocycles. The lowest BCUT2D eigenvalue weighted by atomic mass is 9.87. The van der Waals surface area contributed by atoms with E-state index >= 15 is 9.18 Å². The van der Waals surface area contributed by atoms with Crippen LogP contribution >= 0.6 is 0 Å². The maximum absolute atomic E-state index is 16.0. The molecule has 4 aliphatic rings. The summed E-state index contributed by atoms with van der Waals surface area (Å²) in [5.41, 5.74) is 10.1. The van der Waals surface area contributed by atoms with Crippen molar-refractivity contribution in [3.05, 3.63) is 147 Å². The van der Waals surface area contributed by atoms with Crippen LogP contribution in [0.1, 0.15) is 78.5 Å². The Morgan fingerprint density at radius 2 is 1.58 bits per heavy atom. The molecule has 14 nitrogen and oxygen atoms in total. The van der Waals surface area contributed by atoms with E-state index in [2.05, 4.69) is 45.5 Å². The van der Waals surface area contributed by atoms with Gasteiger partial charge in [0.25, 0.3) is 11.8 Å². The molecular weight excluding hydrogens is 924 g/mol. The highest BCUT2D eigenvalue weighted by Crippen LogP contribution is 2.44. The number of nitrogens with zero attached hydrogens (tertiary/aromatic N) is 7. The number of carbonyl (C=O) groups is 3. The van der Waals surface area contributed by atoms with Crippen LogP contribution in [-0.2, 0) is 56.0 Å². The number of morpholine rings is 1. The topological polar surface area (TPSA) is 149 Å². The Bertz CT molecular complexity index is 3120. The van der Waals surface area contributed by atoms with Crippen LogP contribution in [0.15, 0.2) is 84.9 Å². The number of fused-ring (bicyclic) bond motifs is 2. The smallest absolute Gasteiger partial charge is 0.258 e. The highest BCUT2D eigenvalue weighted by atomic mass is 19.1. The minimum absolute atomic E-state index is 0.0677. The lowest BCUT2D eigenvalue weighted by Gasteiger charge is -2.39. The highest BCUT2D eigenvalue weighted by Gasteiger charge is 2.37. The minimum Gasteiger partial charge on any atom is -0.508 e. The summed E-state index contributed by atoms with van der Waals surface area (Å²) in [7, 11) is 3.73. The Balaban J connectivity index is 1.04. The fourth-order valence-electron chi connectivity index (χ4n) is 11.2. The number of halogens is 1. The molecule has 0 radical (unpaired) electrons. The van der Waals surface area contributed by atoms with Crippen molar-refractivity contribution in [2.45, 2.75) is 65.1 Å². The molecule has 4 aromatic carbocycles. The summed E-state index contributed by atoms with van der Waals surface area (Å²) in [6.07, 6.45) is 3.29. The first-order valence-electron chi connectivity index (χ1n) is 25.5. The van der Waals surface area contributed by atoms with Crippen molar-refractivity contribution >= 4 is 23.4 Å². The summed E-state index contributed by atoms with van der Waals surface area (Å²) in [6, 6.07) is 27.3. The first-order chi connectivity index (χ1) is 35.3. The number of likely N-dealkylation sites (tertiary alicyclic amines) is 1. The summed E-state index contributed by atoms with van der Waals surface area (Å²) in [4.78, 5) is 53.4. The van der Waals surface area contributed by atoms with Crippen LogP contribution < -0.4 is 10.1 Å². The van der Waals surface area contributed by atoms with Crippen LogP contribution in [0.4, 0.5) is 10.1 Å². The van der Waals surface area contributed by atoms with E-state index in [1.165, 1.54) is 23.8 Å². The second-order valence-electron chi connectivity index (χ2n) is 20.0. The standard InChI is InChI=1S/C58H63FN8O6/c1-37-49(31-45(33-60)62(37)3)55-54(57(70)61-44-12-14-47(68)15-13-44)38(2)63(4)56(55)50-28-40-17-20-66(53(69)30-41-11-16-48(32-52(41)59)73-26-23-64-21-24-72-25-22-64)34-43(40)29-51(50)58(71)67-35-42-10-6-5-9-39(42)27-46(67)36-65-18-7-8-19-65/h5-6,9-16,28-29,31-32,46,68H,7-8,17-27,30,34-36H2,1-4H3,(H,61,70)/t46-/m0/s1. The number of hydrogen-bond acceptors (Lipinski definition) is 9. The summed E-state index contributed by atoms with van der Waals surface area (Å²) in [6.45, 7) is 11.7. The summed E-state index contributed by atoms with van der Waals surface area (Å²) < 4.78 is 30.8. The number of phenolic OH excluding ortho intramolecular Hbond substituents is 1. The van der Waals surface area contributed by atoms with E-state index in [1.807, 2.05) is 54.1 Å². The third-order valence-corrected chi connectivity index (χ3v) is 15.6. The van der Waals surface area contributed by atoms with E-state index in [1.54, 1.807) is 35.2 Å². The first-order valence-corrected chi connectivity index (χ1v) is 25.5. The number of amides is 3. The third-order valence-electron chi connectivity index (χ3n) is 15.6. The predicted molar refractivity (Wildman–Crippen MR) is 277 cm³/mol. The van der Waals surface area contributed by atoms with E-state index in [9.17, 15) is 20.0 Å². The molecule has 2 N–H and O–H groups in total. The predicted octanol–water partition coefficient (Wildman–Crippen LogP) is 7.78. The van der Waals surface area contributed by atoms with Crippen LogP contribution in [0.25, 0.3) is 22.4 Å². The molecule has 2 saturated heterocycles. The van der Waals surface area contributed by atoms with Gasteiger partial charge in [-0.3, -0.25) is 19.3 Å². The molecule has 0 unspecified atom stereocenters. The summed E-state index contributed by atoms with van der Waals surface area (Å²) >= 11 is 0. The number of carbonyl (C=O) groups excluding carboxylic acids is 3. The molecule has 10 rings (SSSR count). The number of phenols is 1. The Labute approximate surface area is 426 Å². The van der Waals surface area contributed by atoms with Crippen molar-refractivity contribution in [1.29, 1.82) is 5.26 Å². The van der Waals surface area contributed by atoms with Gasteiger partial charge in [0.15, 0.2) is 0 Å². The fraction of sp³-hybridized carbons (Fsp3) is 0.379. The lowest BCUT2D eigenvalue weighted by molar-refractivity contribution is -0.131. The monoisotopic (exact) mass is 986 g/mol. The Morgan fingerprint density at radius 1 is 0.822 bits per heavy atom. The number of nitriles is 1. The van der Waals surface area contributed by atoms with Gasteiger partial charge < -0.3 is 43.7 Å². The Kier molecular flexibility index (Phi) is 14.2. The van der Waals surface area contributed by atoms with Crippen molar-refractivity contribution in [3.8, 4) is 40.0 Å². The van der Waals surface area contributed by atoms with Gasteiger partial charge in [-0.15, -0.1) is 0 Å². The molecule has 0 saturated carbocycles. The van der Waals surface area contributed by atoms with Gasteiger partial charge in [-0.2, -0.15) is 5.26 Å². The van der Waals surface area contributed by atoms with Gasteiger partial charge in [0.05, 0.1) is 30.9 Å². The van der Waals surface area contributed by atoms with Crippen molar-refractivity contribution in [3.63, 3.8) is 0 Å². The van der Waals surface area contributed by atoms with Gasteiger partial charge >= 0.3 is 0 Å². The molecule has 2 fully saturated rings. The molecule has 378 valence electrons. The van der Waals surface area contributed by atoms with Gasteiger partial charge in [-0.05, 0) is 129 Å². The van der Waals surface area contributed by atoms with Crippen LogP contribution in [0, 0.1) is 31.0 Å². The average Bonchev–Trinajstić information content (AvgIpc) is 4.09. The fourth-order valence-corrected chi connectivity index (χ4v) is 11.2. The van der Waals surface area contributed by atoms with E-state index < -0.39 is 5.82 Å². The zero-order valence-corrected chi connectivity index (χ0v) is 42.2. The molecule has 2 aromatic heterocycles. The maximum atomic E-state index is 16.0. The van der Waals surface area contributed by atoms with E-state index in [0.717, 1.165) is 67.9 Å². The summed E-state index contributed by atoms with van der Waals surface area (Å²) in [5, 5.41) is 23.4. The van der Waals surface area contributed by atoms with E-state index in [0.29, 0.717) is 109 Å². The zero-order valence-electron chi connectivity index (χ0n) is 42.2. The summed E-state index contributed by atoms with van der Waals surface area (Å²) in [5.74, 6) is -0.786. The lowest BCUT2D eigenvalue weighted by Crippen LogP contribution is -2.49. The molecule has 73 heavy (non-hydrogen) atoms. The maximum Gasteiger partial charge on any atom is 0.258 e. The number of ether oxygens (including phenoxy) is 2. The molecule has 0 bridgehead atoms. The molecule has 1 atom stereocenters. The van der Waals surface area contributed by atoms with Crippen molar-refractivity contribution in [2.75, 3.05) is 71.0 Å². The van der Waals surface area contributed by atoms with Crippen LogP contribution in [0.2, 0.25) is 0 Å². The number of nitrogens with one attached hydrogen (secondary N) is 1. The van der Waals surface area contributed by atoms with Crippen LogP contribution in [0.3, 0.4) is 0 Å². The van der Waals surface area contributed by atoms with Crippen molar-refractivity contribution in [2.24, 2.45) is 14.1 Å². The number of rotatable bonds is 13. The van der Waals surface area contributed by atoms with Crippen molar-refractivity contribution in [1.82, 2.24) is 28.7 Å². The van der Waals surface area contributed by atoms with Crippen molar-refractivity contribution < 1.29 is 33.4 Å². The SMILES string of the molecule is Cc1c(-c2c(C(=O)Nc3ccc(O)cc3)c(C)n(C)c2-c2cc3c(cc2C(=O)N2Cc4ccccc4C[C@H]2CN2CCCC2)CN(C(=O)Cc2ccc(OCCN4CCOCC4)cc2F)CC3)cc(C#N)n1C. The number of benzene rings is 4. The average molecular weight is 987 g/mol. The second kappa shape index (κ2) is 21.1. The zero-order chi connectivity index (χ0) is 50.9. The molecule has 15 heteroatoms. The van der Waals surface area contributed by atoms with Gasteiger partial charge in [-0.1, -0.05) is 30.3 Å². The van der Waals surface area contributed by atoms with Gasteiger partial charge in [0.2, 0.25) is 5.91 Å². The Hall–Kier alpha value is -7.25. The van der Waals surface area contributed by atoms with Gasteiger partial charge in [0.1, 0.15) is 35.7 Å². The normalized spacial score (nSPS) is 17.0. The second-order valence-corrected chi connectivity index (χ2v) is 20.0. The number of aromatic hydroxyl groups is 1. The number of hydrogen-bond donors (Lipinski definition) is 2. The Morgan fingerprint density at radius 3 is 2.30 bits per heavy atom. The minimum atomic E-state index is -0.501. The van der Waals surface area contributed by atoms with Gasteiger partial charge in [0, 0.05) is 111 Å². The largest absolute Gasteiger partial charge is 0.508 e. The highest BCUT2D eigenvalue weighted by molar-refractivity contribution is 6.14. The number of aromatic nitrogens is 2. The van der Waals surface area contributed by atoms with E-state index in [-0.39, 0.29) is 48.0 Å².